The summed E-state index contributed by atoms with van der Waals surface area (Å²) < 4.78 is 30.5. The average molecular weight is 364 g/mol. The summed E-state index contributed by atoms with van der Waals surface area (Å²) in [5.41, 5.74) is 1.85. The van der Waals surface area contributed by atoms with Gasteiger partial charge in [0, 0.05) is 30.0 Å². The molecule has 6 nitrogen and oxygen atoms in total. The molecule has 1 aliphatic rings. The number of benzene rings is 1. The third-order valence-corrected chi connectivity index (χ3v) is 6.23. The van der Waals surface area contributed by atoms with Crippen LogP contribution >= 0.6 is 0 Å². The lowest BCUT2D eigenvalue weighted by atomic mass is 9.96. The molecule has 1 aromatic heterocycles. The van der Waals surface area contributed by atoms with Crippen molar-refractivity contribution in [2.24, 2.45) is 5.92 Å². The first-order chi connectivity index (χ1) is 11.8. The van der Waals surface area contributed by atoms with Crippen molar-refractivity contribution in [3.8, 4) is 0 Å². The van der Waals surface area contributed by atoms with E-state index < -0.39 is 10.0 Å². The van der Waals surface area contributed by atoms with E-state index in [-0.39, 0.29) is 17.9 Å². The number of sulfonamides is 1. The number of para-hydroxylation sites is 1. The lowest BCUT2D eigenvalue weighted by Gasteiger charge is -2.30. The maximum Gasteiger partial charge on any atom is 0.223 e. The predicted molar refractivity (Wildman–Crippen MR) is 96.6 cm³/mol. The number of nitrogens with zero attached hydrogens (tertiary/aromatic N) is 1. The summed E-state index contributed by atoms with van der Waals surface area (Å²) in [7, 11) is -3.17. The zero-order valence-electron chi connectivity index (χ0n) is 14.8. The van der Waals surface area contributed by atoms with Crippen molar-refractivity contribution in [1.29, 1.82) is 0 Å². The van der Waals surface area contributed by atoms with Crippen molar-refractivity contribution in [2.75, 3.05) is 19.3 Å². The van der Waals surface area contributed by atoms with E-state index in [1.54, 1.807) is 0 Å². The maximum atomic E-state index is 12.5. The van der Waals surface area contributed by atoms with Gasteiger partial charge in [0.2, 0.25) is 15.9 Å². The first kappa shape index (κ1) is 17.9. The summed E-state index contributed by atoms with van der Waals surface area (Å²) in [6, 6.07) is 7.59. The fraction of sp³-hybridized carbons (Fsp3) is 0.500. The third-order valence-electron chi connectivity index (χ3n) is 4.93. The molecule has 1 N–H and O–H groups in total. The monoisotopic (exact) mass is 364 g/mol. The minimum atomic E-state index is -3.17. The molecule has 0 radical (unpaired) electrons. The van der Waals surface area contributed by atoms with Crippen LogP contribution < -0.4 is 5.32 Å². The molecule has 136 valence electrons. The number of fused-ring (bicyclic) bond motifs is 1. The Morgan fingerprint density at radius 3 is 2.52 bits per heavy atom. The molecule has 2 heterocycles. The van der Waals surface area contributed by atoms with Gasteiger partial charge in [-0.25, -0.2) is 12.7 Å². The summed E-state index contributed by atoms with van der Waals surface area (Å²) in [4.78, 5) is 12.5. The highest BCUT2D eigenvalue weighted by Crippen LogP contribution is 2.29. The molecule has 1 fully saturated rings. The van der Waals surface area contributed by atoms with Crippen molar-refractivity contribution in [2.45, 2.75) is 32.7 Å². The molecule has 0 aliphatic carbocycles. The molecule has 1 saturated heterocycles. The first-order valence-electron chi connectivity index (χ1n) is 8.51. The topological polar surface area (TPSA) is 79.6 Å². The van der Waals surface area contributed by atoms with Gasteiger partial charge in [0.25, 0.3) is 0 Å². The standard InChI is InChI=1S/C18H24N2O4S/c1-12-15-6-4-5-7-16(15)24-17(12)13(2)19-18(21)14-8-10-20(11-9-14)25(3,22)23/h4-7,13-14H,8-11H2,1-3H3,(H,19,21). The van der Waals surface area contributed by atoms with Crippen LogP contribution in [0.2, 0.25) is 0 Å². The Morgan fingerprint density at radius 1 is 1.28 bits per heavy atom. The number of carbonyl (C=O) groups is 1. The van der Waals surface area contributed by atoms with Gasteiger partial charge in [-0.2, -0.15) is 0 Å². The molecule has 25 heavy (non-hydrogen) atoms. The lowest BCUT2D eigenvalue weighted by Crippen LogP contribution is -2.43. The van der Waals surface area contributed by atoms with Crippen molar-refractivity contribution >= 4 is 26.9 Å². The minimum Gasteiger partial charge on any atom is -0.459 e. The predicted octanol–water partition coefficient (Wildman–Crippen LogP) is 2.59. The van der Waals surface area contributed by atoms with Crippen LogP contribution in [-0.2, 0) is 14.8 Å². The number of carbonyl (C=O) groups excluding carboxylic acids is 1. The molecule has 1 atom stereocenters. The van der Waals surface area contributed by atoms with Crippen LogP contribution in [0.25, 0.3) is 11.0 Å². The molecule has 1 aliphatic heterocycles. The van der Waals surface area contributed by atoms with Gasteiger partial charge >= 0.3 is 0 Å². The van der Waals surface area contributed by atoms with E-state index in [1.165, 1.54) is 10.6 Å². The van der Waals surface area contributed by atoms with E-state index in [4.69, 9.17) is 4.42 Å². The van der Waals surface area contributed by atoms with Gasteiger partial charge in [-0.05, 0) is 32.8 Å². The first-order valence-corrected chi connectivity index (χ1v) is 10.4. The highest BCUT2D eigenvalue weighted by atomic mass is 32.2. The third kappa shape index (κ3) is 3.72. The normalized spacial score (nSPS) is 18.4. The van der Waals surface area contributed by atoms with E-state index in [0.717, 1.165) is 22.3 Å². The number of furan rings is 1. The second kappa shape index (κ2) is 6.80. The second-order valence-corrected chi connectivity index (χ2v) is 8.74. The quantitative estimate of drug-likeness (QED) is 0.904. The van der Waals surface area contributed by atoms with Gasteiger partial charge in [0.1, 0.15) is 11.3 Å². The Hall–Kier alpha value is -1.86. The molecule has 2 aromatic rings. The average Bonchev–Trinajstić information content (AvgIpc) is 2.91. The largest absolute Gasteiger partial charge is 0.459 e. The smallest absolute Gasteiger partial charge is 0.223 e. The second-order valence-electron chi connectivity index (χ2n) is 6.75. The van der Waals surface area contributed by atoms with Crippen molar-refractivity contribution in [1.82, 2.24) is 9.62 Å². The minimum absolute atomic E-state index is 0.0412. The SMILES string of the molecule is Cc1c(C(C)NC(=O)C2CCN(S(C)(=O)=O)CC2)oc2ccccc12. The summed E-state index contributed by atoms with van der Waals surface area (Å²) >= 11 is 0. The lowest BCUT2D eigenvalue weighted by molar-refractivity contribution is -0.126. The van der Waals surface area contributed by atoms with Crippen molar-refractivity contribution in [3.05, 3.63) is 35.6 Å². The zero-order chi connectivity index (χ0) is 18.2. The van der Waals surface area contributed by atoms with Crippen LogP contribution in [0.1, 0.15) is 37.1 Å². The van der Waals surface area contributed by atoms with E-state index in [9.17, 15) is 13.2 Å². The zero-order valence-corrected chi connectivity index (χ0v) is 15.6. The number of nitrogens with one attached hydrogen (secondary N) is 1. The van der Waals surface area contributed by atoms with E-state index in [1.807, 2.05) is 38.1 Å². The number of hydrogen-bond acceptors (Lipinski definition) is 4. The van der Waals surface area contributed by atoms with Gasteiger partial charge in [0.05, 0.1) is 12.3 Å². The van der Waals surface area contributed by atoms with E-state index >= 15 is 0 Å². The van der Waals surface area contributed by atoms with Gasteiger partial charge in [0.15, 0.2) is 0 Å². The number of aryl methyl sites for hydroxylation is 1. The summed E-state index contributed by atoms with van der Waals surface area (Å²) in [5.74, 6) is 0.564. The molecule has 0 saturated carbocycles. The fourth-order valence-corrected chi connectivity index (χ4v) is 4.33. The van der Waals surface area contributed by atoms with E-state index in [2.05, 4.69) is 5.32 Å². The summed E-state index contributed by atoms with van der Waals surface area (Å²) in [6.45, 7) is 4.70. The number of hydrogen-bond donors (Lipinski definition) is 1. The summed E-state index contributed by atoms with van der Waals surface area (Å²) in [5, 5.41) is 4.08. The molecule has 0 bridgehead atoms. The molecule has 0 spiro atoms. The van der Waals surface area contributed by atoms with Gasteiger partial charge in [-0.3, -0.25) is 4.79 Å². The molecular formula is C18H24N2O4S. The molecule has 3 rings (SSSR count). The van der Waals surface area contributed by atoms with Crippen LogP contribution in [0.3, 0.4) is 0 Å². The van der Waals surface area contributed by atoms with E-state index in [0.29, 0.717) is 25.9 Å². The summed E-state index contributed by atoms with van der Waals surface area (Å²) in [6.07, 6.45) is 2.30. The Morgan fingerprint density at radius 2 is 1.92 bits per heavy atom. The molecule has 1 aromatic carbocycles. The molecule has 1 amide bonds. The van der Waals surface area contributed by atoms with Crippen LogP contribution in [0.15, 0.2) is 28.7 Å². The number of rotatable bonds is 4. The van der Waals surface area contributed by atoms with Gasteiger partial charge < -0.3 is 9.73 Å². The van der Waals surface area contributed by atoms with Crippen molar-refractivity contribution < 1.29 is 17.6 Å². The number of amides is 1. The molecule has 7 heteroatoms. The Bertz CT molecular complexity index is 880. The molecular weight excluding hydrogens is 340 g/mol. The highest BCUT2D eigenvalue weighted by molar-refractivity contribution is 7.88. The van der Waals surface area contributed by atoms with Crippen molar-refractivity contribution in [3.63, 3.8) is 0 Å². The maximum absolute atomic E-state index is 12.5. The van der Waals surface area contributed by atoms with Gasteiger partial charge in [-0.15, -0.1) is 0 Å². The molecule has 1 unspecified atom stereocenters. The van der Waals surface area contributed by atoms with Crippen LogP contribution in [0.5, 0.6) is 0 Å². The van der Waals surface area contributed by atoms with Crippen LogP contribution in [0, 0.1) is 12.8 Å². The van der Waals surface area contributed by atoms with Crippen LogP contribution in [0.4, 0.5) is 0 Å². The Kier molecular flexibility index (Phi) is 4.88. The fourth-order valence-electron chi connectivity index (χ4n) is 3.45. The number of piperidine rings is 1. The Labute approximate surface area is 148 Å². The Balaban J connectivity index is 1.66. The van der Waals surface area contributed by atoms with Gasteiger partial charge in [-0.1, -0.05) is 18.2 Å². The highest BCUT2D eigenvalue weighted by Gasteiger charge is 2.30. The van der Waals surface area contributed by atoms with Crippen LogP contribution in [-0.4, -0.2) is 38.0 Å².